The lowest BCUT2D eigenvalue weighted by molar-refractivity contribution is 0.285. The summed E-state index contributed by atoms with van der Waals surface area (Å²) in [6, 6.07) is 11.5. The van der Waals surface area contributed by atoms with Gasteiger partial charge in [0.15, 0.2) is 0 Å². The van der Waals surface area contributed by atoms with Crippen LogP contribution in [0.3, 0.4) is 0 Å². The molecule has 3 rings (SSSR count). The van der Waals surface area contributed by atoms with Crippen LogP contribution in [0.25, 0.3) is 0 Å². The Morgan fingerprint density at radius 1 is 1.15 bits per heavy atom. The third-order valence-electron chi connectivity index (χ3n) is 4.85. The Kier molecular flexibility index (Phi) is 6.41. The van der Waals surface area contributed by atoms with Crippen LogP contribution in [-0.2, 0) is 10.2 Å². The molecule has 0 aliphatic carbocycles. The summed E-state index contributed by atoms with van der Waals surface area (Å²) in [6.45, 7) is 5.76. The Morgan fingerprint density at radius 3 is 2.63 bits per heavy atom. The van der Waals surface area contributed by atoms with Crippen LogP contribution in [-0.4, -0.2) is 53.2 Å². The van der Waals surface area contributed by atoms with Gasteiger partial charge < -0.3 is 5.32 Å². The Bertz CT molecular complexity index is 840. The quantitative estimate of drug-likeness (QED) is 0.788. The van der Waals surface area contributed by atoms with Crippen LogP contribution in [0, 0.1) is 0 Å². The molecular weight excluding hydrogens is 362 g/mol. The lowest BCUT2D eigenvalue weighted by Gasteiger charge is -2.34. The summed E-state index contributed by atoms with van der Waals surface area (Å²) < 4.78 is 28.8. The van der Waals surface area contributed by atoms with Gasteiger partial charge >= 0.3 is 0 Å². The predicted octanol–water partition coefficient (Wildman–Crippen LogP) is 2.99. The number of nitrogens with one attached hydrogen (secondary N) is 1. The van der Waals surface area contributed by atoms with E-state index in [1.165, 1.54) is 4.31 Å². The highest BCUT2D eigenvalue weighted by atomic mass is 32.2. The minimum absolute atomic E-state index is 0.0922. The molecule has 0 amide bonds. The van der Waals surface area contributed by atoms with Crippen molar-refractivity contribution in [2.24, 2.45) is 0 Å². The van der Waals surface area contributed by atoms with Crippen LogP contribution >= 0.6 is 0 Å². The van der Waals surface area contributed by atoms with Gasteiger partial charge in [0, 0.05) is 44.0 Å². The molecule has 1 aliphatic heterocycles. The lowest BCUT2D eigenvalue weighted by atomic mass is 9.95. The summed E-state index contributed by atoms with van der Waals surface area (Å²) >= 11 is 0. The highest BCUT2D eigenvalue weighted by molar-refractivity contribution is 7.86. The molecule has 3 heterocycles. The van der Waals surface area contributed by atoms with E-state index in [4.69, 9.17) is 4.98 Å². The Hall–Kier alpha value is -2.03. The molecular formula is C19H27N5O2S. The van der Waals surface area contributed by atoms with Gasteiger partial charge in [0.25, 0.3) is 10.2 Å². The predicted molar refractivity (Wildman–Crippen MR) is 107 cm³/mol. The van der Waals surface area contributed by atoms with Crippen molar-refractivity contribution in [3.05, 3.63) is 48.3 Å². The molecule has 0 aromatic carbocycles. The topological polar surface area (TPSA) is 78.4 Å². The van der Waals surface area contributed by atoms with Gasteiger partial charge in [-0.1, -0.05) is 26.0 Å². The monoisotopic (exact) mass is 389 g/mol. The van der Waals surface area contributed by atoms with Crippen LogP contribution in [0.5, 0.6) is 0 Å². The third-order valence-corrected chi connectivity index (χ3v) is 7.01. The molecule has 0 spiro atoms. The Labute approximate surface area is 161 Å². The second-order valence-corrected chi connectivity index (χ2v) is 8.51. The molecule has 1 saturated heterocycles. The van der Waals surface area contributed by atoms with Crippen LogP contribution in [0.1, 0.15) is 38.3 Å². The maximum Gasteiger partial charge on any atom is 0.281 e. The lowest BCUT2D eigenvalue weighted by Crippen LogP contribution is -2.47. The fraction of sp³-hybridized carbons (Fsp3) is 0.474. The van der Waals surface area contributed by atoms with E-state index in [0.29, 0.717) is 26.2 Å². The van der Waals surface area contributed by atoms with E-state index in [1.807, 2.05) is 50.2 Å². The number of piperidine rings is 1. The molecule has 1 aliphatic rings. The summed E-state index contributed by atoms with van der Waals surface area (Å²) in [5.41, 5.74) is 0.912. The van der Waals surface area contributed by atoms with E-state index in [0.717, 1.165) is 30.2 Å². The first kappa shape index (κ1) is 19.7. The summed E-state index contributed by atoms with van der Waals surface area (Å²) in [5.74, 6) is 1.54. The zero-order valence-corrected chi connectivity index (χ0v) is 16.7. The molecule has 27 heavy (non-hydrogen) atoms. The van der Waals surface area contributed by atoms with E-state index < -0.39 is 10.2 Å². The van der Waals surface area contributed by atoms with E-state index >= 15 is 0 Å². The van der Waals surface area contributed by atoms with Gasteiger partial charge in [0.1, 0.15) is 11.6 Å². The molecule has 1 unspecified atom stereocenters. The average molecular weight is 390 g/mol. The molecule has 7 nitrogen and oxygen atoms in total. The summed E-state index contributed by atoms with van der Waals surface area (Å²) in [4.78, 5) is 8.96. The fourth-order valence-corrected chi connectivity index (χ4v) is 5.13. The smallest absolute Gasteiger partial charge is 0.281 e. The maximum atomic E-state index is 12.8. The van der Waals surface area contributed by atoms with Gasteiger partial charge in [-0.05, 0) is 37.1 Å². The molecule has 1 fully saturated rings. The molecule has 0 bridgehead atoms. The number of hydrogen-bond acceptors (Lipinski definition) is 5. The molecule has 2 aromatic heterocycles. The number of rotatable bonds is 7. The summed E-state index contributed by atoms with van der Waals surface area (Å²) in [5, 5.41) is 3.20. The highest BCUT2D eigenvalue weighted by Gasteiger charge is 2.33. The Morgan fingerprint density at radius 2 is 1.93 bits per heavy atom. The van der Waals surface area contributed by atoms with E-state index in [9.17, 15) is 8.42 Å². The SMILES string of the molecule is CCN(CC)S(=O)(=O)N1CCCC(c2cccc(Nc3ccccn3)n2)C1. The molecule has 0 saturated carbocycles. The van der Waals surface area contributed by atoms with Gasteiger partial charge in [0.05, 0.1) is 0 Å². The van der Waals surface area contributed by atoms with Crippen molar-refractivity contribution in [1.29, 1.82) is 0 Å². The van der Waals surface area contributed by atoms with Crippen LogP contribution in [0.2, 0.25) is 0 Å². The van der Waals surface area contributed by atoms with E-state index in [2.05, 4.69) is 10.3 Å². The van der Waals surface area contributed by atoms with Crippen molar-refractivity contribution in [2.45, 2.75) is 32.6 Å². The minimum atomic E-state index is -3.41. The summed E-state index contributed by atoms with van der Waals surface area (Å²) in [6.07, 6.45) is 3.50. The van der Waals surface area contributed by atoms with Gasteiger partial charge in [-0.15, -0.1) is 0 Å². The number of pyridine rings is 2. The van der Waals surface area contributed by atoms with Crippen molar-refractivity contribution in [3.63, 3.8) is 0 Å². The summed E-state index contributed by atoms with van der Waals surface area (Å²) in [7, 11) is -3.41. The van der Waals surface area contributed by atoms with Crippen molar-refractivity contribution < 1.29 is 8.42 Å². The second kappa shape index (κ2) is 8.77. The maximum absolute atomic E-state index is 12.8. The largest absolute Gasteiger partial charge is 0.325 e. The second-order valence-electron chi connectivity index (χ2n) is 6.58. The zero-order chi connectivity index (χ0) is 19.3. The third kappa shape index (κ3) is 4.63. The van der Waals surface area contributed by atoms with Gasteiger partial charge in [-0.2, -0.15) is 17.0 Å². The van der Waals surface area contributed by atoms with E-state index in [1.54, 1.807) is 10.5 Å². The molecule has 146 valence electrons. The molecule has 8 heteroatoms. The standard InChI is InChI=1S/C19H27N5O2S/c1-3-23(4-2)27(25,26)24-14-8-9-16(15-24)17-10-7-12-19(21-17)22-18-11-5-6-13-20-18/h5-7,10-13,16H,3-4,8-9,14-15H2,1-2H3,(H,20,21,22). The van der Waals surface area contributed by atoms with Crippen molar-refractivity contribution >= 4 is 21.8 Å². The first-order chi connectivity index (χ1) is 13.0. The fourth-order valence-electron chi connectivity index (χ4n) is 3.42. The highest BCUT2D eigenvalue weighted by Crippen LogP contribution is 2.29. The van der Waals surface area contributed by atoms with Crippen molar-refractivity contribution in [1.82, 2.24) is 18.6 Å². The first-order valence-corrected chi connectivity index (χ1v) is 10.8. The van der Waals surface area contributed by atoms with E-state index in [-0.39, 0.29) is 5.92 Å². The molecule has 1 atom stereocenters. The van der Waals surface area contributed by atoms with Gasteiger partial charge in [0.2, 0.25) is 0 Å². The molecule has 0 radical (unpaired) electrons. The van der Waals surface area contributed by atoms with Gasteiger partial charge in [-0.25, -0.2) is 9.97 Å². The van der Waals surface area contributed by atoms with Crippen LogP contribution in [0.15, 0.2) is 42.6 Å². The number of aromatic nitrogens is 2. The van der Waals surface area contributed by atoms with Crippen molar-refractivity contribution in [3.8, 4) is 0 Å². The minimum Gasteiger partial charge on any atom is -0.325 e. The van der Waals surface area contributed by atoms with Crippen molar-refractivity contribution in [2.75, 3.05) is 31.5 Å². The number of anilines is 2. The van der Waals surface area contributed by atoms with Crippen LogP contribution in [0.4, 0.5) is 11.6 Å². The van der Waals surface area contributed by atoms with Crippen LogP contribution < -0.4 is 5.32 Å². The molecule has 1 N–H and O–H groups in total. The average Bonchev–Trinajstić information content (AvgIpc) is 2.70. The normalized spacial score (nSPS) is 18.6. The zero-order valence-electron chi connectivity index (χ0n) is 15.9. The number of nitrogens with zero attached hydrogens (tertiary/aromatic N) is 4. The first-order valence-electron chi connectivity index (χ1n) is 9.44. The Balaban J connectivity index is 1.75. The van der Waals surface area contributed by atoms with Gasteiger partial charge in [-0.3, -0.25) is 0 Å². The molecule has 2 aromatic rings. The number of hydrogen-bond donors (Lipinski definition) is 1.